The van der Waals surface area contributed by atoms with E-state index in [1.54, 1.807) is 0 Å². The van der Waals surface area contributed by atoms with Gasteiger partial charge in [0.25, 0.3) is 11.8 Å². The number of para-hydroxylation sites is 2. The number of carbonyl (C=O) groups is 4. The average Bonchev–Trinajstić information content (AvgIpc) is 4.00. The first-order valence-electron chi connectivity index (χ1n) is 25.7. The van der Waals surface area contributed by atoms with Crippen LogP contribution in [0.3, 0.4) is 0 Å². The maximum absolute atomic E-state index is 14.1. The number of hydrogen-bond donors (Lipinski definition) is 4. The number of carbonyl (C=O) groups excluding carboxylic acids is 4. The van der Waals surface area contributed by atoms with Crippen molar-refractivity contribution in [1.29, 1.82) is 0 Å². The van der Waals surface area contributed by atoms with Crippen LogP contribution in [0.1, 0.15) is 150 Å². The molecule has 4 N–H and O–H groups in total. The normalized spacial score (nSPS) is 28.4. The average molecular weight is 919 g/mol. The Kier molecular flexibility index (Phi) is 13.8. The van der Waals surface area contributed by atoms with Gasteiger partial charge in [0.15, 0.2) is 0 Å². The molecule has 4 fully saturated rings. The van der Waals surface area contributed by atoms with E-state index in [0.717, 1.165) is 88.7 Å². The van der Waals surface area contributed by atoms with E-state index in [2.05, 4.69) is 121 Å². The minimum absolute atomic E-state index is 0.0791. The summed E-state index contributed by atoms with van der Waals surface area (Å²) >= 11 is 0. The van der Waals surface area contributed by atoms with Crippen molar-refractivity contribution in [3.8, 4) is 0 Å². The van der Waals surface area contributed by atoms with Gasteiger partial charge in [0, 0.05) is 71.6 Å². The van der Waals surface area contributed by atoms with Gasteiger partial charge in [-0.1, -0.05) is 140 Å². The summed E-state index contributed by atoms with van der Waals surface area (Å²) in [6.07, 6.45) is 9.60. The summed E-state index contributed by atoms with van der Waals surface area (Å²) < 4.78 is 0. The molecule has 360 valence electrons. The lowest BCUT2D eigenvalue weighted by Gasteiger charge is -2.46. The minimum Gasteiger partial charge on any atom is -0.381 e. The highest BCUT2D eigenvalue weighted by Crippen LogP contribution is 2.52. The summed E-state index contributed by atoms with van der Waals surface area (Å²) in [5, 5.41) is 14.0. The second-order valence-corrected chi connectivity index (χ2v) is 22.7. The minimum atomic E-state index is -0.157. The summed E-state index contributed by atoms with van der Waals surface area (Å²) in [4.78, 5) is 58.3. The summed E-state index contributed by atoms with van der Waals surface area (Å²) in [7, 11) is 0. The molecular weight excluding hydrogens is 845 g/mol. The molecule has 2 saturated carbocycles. The number of fused-ring (bicyclic) bond motifs is 6. The zero-order valence-corrected chi connectivity index (χ0v) is 41.2. The van der Waals surface area contributed by atoms with Crippen molar-refractivity contribution in [2.45, 2.75) is 142 Å². The lowest BCUT2D eigenvalue weighted by molar-refractivity contribution is -0.139. The van der Waals surface area contributed by atoms with E-state index in [1.165, 1.54) is 11.1 Å². The van der Waals surface area contributed by atoms with Crippen molar-refractivity contribution in [3.63, 3.8) is 0 Å². The standard InChI is InChI=1S/2C29H37N3O2/c2*1-29(2,3)26-22-17-18-32(25(22)20-13-7-9-15-23(20)30-26)28(34)21-14-8-10-16-24(21)31-27(33)19-11-5-4-6-12-19/h2*4-7,9,11-13,15,21-22,24-26,30H,8,10,14,16-18H2,1-3H3,(H,31,33)/t21-,22+,24+,25+,26-;21-,22-,24+,25-,26+/m00/s1. The van der Waals surface area contributed by atoms with Crippen LogP contribution in [0.2, 0.25) is 0 Å². The molecule has 0 aromatic heterocycles. The molecule has 10 rings (SSSR count). The summed E-state index contributed by atoms with van der Waals surface area (Å²) in [6, 6.07) is 36.2. The number of benzene rings is 4. The molecule has 10 atom stereocenters. The van der Waals surface area contributed by atoms with Gasteiger partial charge < -0.3 is 31.1 Å². The van der Waals surface area contributed by atoms with E-state index in [9.17, 15) is 19.2 Å². The number of hydrogen-bond acceptors (Lipinski definition) is 6. The van der Waals surface area contributed by atoms with E-state index < -0.39 is 0 Å². The van der Waals surface area contributed by atoms with Crippen molar-refractivity contribution in [1.82, 2.24) is 20.4 Å². The first-order valence-corrected chi connectivity index (χ1v) is 25.7. The first-order chi connectivity index (χ1) is 32.7. The number of nitrogens with zero attached hydrogens (tertiary/aromatic N) is 2. The van der Waals surface area contributed by atoms with E-state index in [1.807, 2.05) is 60.7 Å². The van der Waals surface area contributed by atoms with E-state index >= 15 is 0 Å². The van der Waals surface area contributed by atoms with Crippen LogP contribution in [0, 0.1) is 34.5 Å². The van der Waals surface area contributed by atoms with Crippen molar-refractivity contribution in [3.05, 3.63) is 131 Å². The smallest absolute Gasteiger partial charge is 0.251 e. The Morgan fingerprint density at radius 1 is 0.471 bits per heavy atom. The Balaban J connectivity index is 0.000000170. The van der Waals surface area contributed by atoms with Gasteiger partial charge in [-0.2, -0.15) is 0 Å². The quantitative estimate of drug-likeness (QED) is 0.153. The lowest BCUT2D eigenvalue weighted by atomic mass is 9.72. The van der Waals surface area contributed by atoms with Gasteiger partial charge in [-0.05, 0) is 96.9 Å². The summed E-state index contributed by atoms with van der Waals surface area (Å²) in [6.45, 7) is 15.3. The largest absolute Gasteiger partial charge is 0.381 e. The summed E-state index contributed by atoms with van der Waals surface area (Å²) in [5.41, 5.74) is 6.27. The molecule has 4 amide bonds. The molecule has 0 bridgehead atoms. The predicted molar refractivity (Wildman–Crippen MR) is 271 cm³/mol. The molecule has 4 aliphatic heterocycles. The third-order valence-electron chi connectivity index (χ3n) is 16.2. The highest BCUT2D eigenvalue weighted by Gasteiger charge is 2.52. The fourth-order valence-electron chi connectivity index (χ4n) is 13.0. The molecule has 4 heterocycles. The Labute approximate surface area is 404 Å². The Bertz CT molecular complexity index is 2260. The fourth-order valence-corrected chi connectivity index (χ4v) is 13.0. The van der Waals surface area contributed by atoms with Crippen LogP contribution in [0.25, 0.3) is 0 Å². The molecule has 6 aliphatic rings. The number of anilines is 2. The van der Waals surface area contributed by atoms with Gasteiger partial charge in [0.2, 0.25) is 11.8 Å². The Morgan fingerprint density at radius 3 is 1.21 bits per heavy atom. The van der Waals surface area contributed by atoms with Crippen LogP contribution >= 0.6 is 0 Å². The van der Waals surface area contributed by atoms with Gasteiger partial charge >= 0.3 is 0 Å². The van der Waals surface area contributed by atoms with Gasteiger partial charge in [-0.3, -0.25) is 19.2 Å². The van der Waals surface area contributed by atoms with Gasteiger partial charge in [-0.25, -0.2) is 0 Å². The molecule has 10 heteroatoms. The molecule has 4 aromatic rings. The lowest BCUT2D eigenvalue weighted by Crippen LogP contribution is -2.51. The van der Waals surface area contributed by atoms with Crippen molar-refractivity contribution >= 4 is 35.0 Å². The van der Waals surface area contributed by atoms with E-state index in [0.29, 0.717) is 35.0 Å². The highest BCUT2D eigenvalue weighted by atomic mass is 16.2. The van der Waals surface area contributed by atoms with Crippen LogP contribution in [-0.2, 0) is 9.59 Å². The number of nitrogens with one attached hydrogen (secondary N) is 4. The third-order valence-corrected chi connectivity index (χ3v) is 16.2. The van der Waals surface area contributed by atoms with Gasteiger partial charge in [0.1, 0.15) is 0 Å². The van der Waals surface area contributed by atoms with E-state index in [4.69, 9.17) is 0 Å². The predicted octanol–water partition coefficient (Wildman–Crippen LogP) is 10.8. The number of amides is 4. The van der Waals surface area contributed by atoms with Gasteiger partial charge in [-0.15, -0.1) is 0 Å². The number of rotatable bonds is 6. The molecule has 0 unspecified atom stereocenters. The molecule has 68 heavy (non-hydrogen) atoms. The van der Waals surface area contributed by atoms with Crippen molar-refractivity contribution in [2.24, 2.45) is 34.5 Å². The monoisotopic (exact) mass is 919 g/mol. The second-order valence-electron chi connectivity index (χ2n) is 22.7. The van der Waals surface area contributed by atoms with Crippen LogP contribution in [0.15, 0.2) is 109 Å². The van der Waals surface area contributed by atoms with Crippen LogP contribution in [0.5, 0.6) is 0 Å². The first kappa shape index (κ1) is 47.4. The Morgan fingerprint density at radius 2 is 0.824 bits per heavy atom. The van der Waals surface area contributed by atoms with Crippen LogP contribution in [0.4, 0.5) is 11.4 Å². The maximum atomic E-state index is 14.1. The zero-order chi connectivity index (χ0) is 47.7. The Hall–Kier alpha value is -5.64. The van der Waals surface area contributed by atoms with Crippen LogP contribution < -0.4 is 21.3 Å². The van der Waals surface area contributed by atoms with Crippen molar-refractivity contribution in [2.75, 3.05) is 23.7 Å². The second kappa shape index (κ2) is 19.8. The molecule has 2 saturated heterocycles. The van der Waals surface area contributed by atoms with Crippen LogP contribution in [-0.4, -0.2) is 70.7 Å². The molecule has 10 nitrogen and oxygen atoms in total. The zero-order valence-electron chi connectivity index (χ0n) is 41.2. The summed E-state index contributed by atoms with van der Waals surface area (Å²) in [5.74, 6) is 0.740. The van der Waals surface area contributed by atoms with Crippen molar-refractivity contribution < 1.29 is 19.2 Å². The van der Waals surface area contributed by atoms with Gasteiger partial charge in [0.05, 0.1) is 23.9 Å². The highest BCUT2D eigenvalue weighted by molar-refractivity contribution is 5.95. The fraction of sp³-hybridized carbons (Fsp3) is 0.517. The topological polar surface area (TPSA) is 123 Å². The van der Waals surface area contributed by atoms with E-state index in [-0.39, 0.29) is 70.5 Å². The SMILES string of the molecule is CC(C)(C)[C@@H]1Nc2ccccc2[C@H]2[C@@H]1CCN2C(=O)[C@H]1CCCC[C@H]1NC(=O)c1ccccc1.CC(C)(C)[C@H]1Nc2ccccc2[C@@H]2[C@H]1CCN2C(=O)[C@H]1CCCC[C@H]1NC(=O)c1ccccc1. The molecular formula is C58H74N6O4. The maximum Gasteiger partial charge on any atom is 0.251 e. The molecule has 4 aromatic carbocycles. The third kappa shape index (κ3) is 9.66. The molecule has 0 spiro atoms. The number of likely N-dealkylation sites (tertiary alicyclic amines) is 2. The molecule has 0 radical (unpaired) electrons. The molecule has 2 aliphatic carbocycles.